The van der Waals surface area contributed by atoms with Crippen LogP contribution in [-0.4, -0.2) is 55.0 Å². The van der Waals surface area contributed by atoms with Gasteiger partial charge in [0.2, 0.25) is 0 Å². The molecule has 0 radical (unpaired) electrons. The molecule has 9 nitrogen and oxygen atoms in total. The van der Waals surface area contributed by atoms with Gasteiger partial charge in [-0.25, -0.2) is 4.79 Å². The Morgan fingerprint density at radius 2 is 1.73 bits per heavy atom. The molecule has 2 heterocycles. The molecule has 0 bridgehead atoms. The molecule has 1 aromatic heterocycles. The van der Waals surface area contributed by atoms with Crippen LogP contribution >= 0.6 is 0 Å². The molecule has 1 aromatic carbocycles. The number of benzene rings is 1. The normalized spacial score (nSPS) is 13.9. The maximum atomic E-state index is 12.3. The summed E-state index contributed by atoms with van der Waals surface area (Å²) in [6, 6.07) is 6.70. The third kappa shape index (κ3) is 3.76. The molecular formula is C17H19N5O4. The highest BCUT2D eigenvalue weighted by Crippen LogP contribution is 2.22. The zero-order chi connectivity index (χ0) is 18.9. The predicted molar refractivity (Wildman–Crippen MR) is 89.2 cm³/mol. The minimum absolute atomic E-state index is 0.143. The van der Waals surface area contributed by atoms with Crippen molar-refractivity contribution in [2.45, 2.75) is 39.3 Å². The quantitative estimate of drug-likeness (QED) is 0.577. The van der Waals surface area contributed by atoms with Crippen molar-refractivity contribution in [3.05, 3.63) is 41.2 Å². The zero-order valence-electron chi connectivity index (χ0n) is 14.8. The Hall–Kier alpha value is -3.10. The summed E-state index contributed by atoms with van der Waals surface area (Å²) >= 11 is 0. The van der Waals surface area contributed by atoms with Crippen LogP contribution in [0.5, 0.6) is 0 Å². The molecule has 2 amide bonds. The molecule has 136 valence electrons. The van der Waals surface area contributed by atoms with Crippen molar-refractivity contribution in [2.75, 3.05) is 6.54 Å². The molecule has 2 aromatic rings. The largest absolute Gasteiger partial charge is 0.459 e. The van der Waals surface area contributed by atoms with Gasteiger partial charge in [0.15, 0.2) is 12.4 Å². The van der Waals surface area contributed by atoms with Gasteiger partial charge in [0.05, 0.1) is 11.1 Å². The molecule has 26 heavy (non-hydrogen) atoms. The average molecular weight is 357 g/mol. The lowest BCUT2D eigenvalue weighted by Crippen LogP contribution is -2.32. The summed E-state index contributed by atoms with van der Waals surface area (Å²) in [5, 5.41) is 11.7. The number of ether oxygens (including phenoxy) is 1. The maximum absolute atomic E-state index is 12.3. The number of rotatable bonds is 5. The smallest absolute Gasteiger partial charge is 0.330 e. The highest BCUT2D eigenvalue weighted by atomic mass is 16.6. The highest BCUT2D eigenvalue weighted by molar-refractivity contribution is 6.21. The van der Waals surface area contributed by atoms with Crippen molar-refractivity contribution in [3.63, 3.8) is 0 Å². The first-order chi connectivity index (χ1) is 12.2. The number of nitrogens with zero attached hydrogens (tertiary/aromatic N) is 5. The van der Waals surface area contributed by atoms with Gasteiger partial charge in [0, 0.05) is 13.0 Å². The number of hydrogen-bond acceptors (Lipinski definition) is 7. The van der Waals surface area contributed by atoms with E-state index < -0.39 is 11.6 Å². The third-order valence-corrected chi connectivity index (χ3v) is 3.62. The molecule has 0 spiro atoms. The van der Waals surface area contributed by atoms with Crippen molar-refractivity contribution in [1.82, 2.24) is 25.1 Å². The minimum Gasteiger partial charge on any atom is -0.459 e. The van der Waals surface area contributed by atoms with Crippen LogP contribution in [0.1, 0.15) is 47.3 Å². The first kappa shape index (κ1) is 17.7. The van der Waals surface area contributed by atoms with Gasteiger partial charge >= 0.3 is 5.97 Å². The van der Waals surface area contributed by atoms with Gasteiger partial charge in [0.25, 0.3) is 11.8 Å². The summed E-state index contributed by atoms with van der Waals surface area (Å²) in [6.45, 7) is 5.30. The van der Waals surface area contributed by atoms with Gasteiger partial charge in [-0.1, -0.05) is 12.1 Å². The van der Waals surface area contributed by atoms with Crippen LogP contribution in [0.4, 0.5) is 0 Å². The first-order valence-electron chi connectivity index (χ1n) is 8.18. The van der Waals surface area contributed by atoms with Crippen LogP contribution < -0.4 is 0 Å². The van der Waals surface area contributed by atoms with Crippen molar-refractivity contribution in [2.24, 2.45) is 0 Å². The molecule has 1 aliphatic heterocycles. The number of carbonyl (C=O) groups is 3. The number of imide groups is 1. The number of carbonyl (C=O) groups excluding carboxylic acids is 3. The van der Waals surface area contributed by atoms with Crippen LogP contribution in [0, 0.1) is 0 Å². The zero-order valence-corrected chi connectivity index (χ0v) is 14.8. The van der Waals surface area contributed by atoms with E-state index in [0.717, 1.165) is 4.80 Å². The van der Waals surface area contributed by atoms with Gasteiger partial charge in [-0.2, -0.15) is 4.80 Å². The second kappa shape index (κ2) is 6.66. The summed E-state index contributed by atoms with van der Waals surface area (Å²) in [5.74, 6) is -0.787. The van der Waals surface area contributed by atoms with E-state index >= 15 is 0 Å². The summed E-state index contributed by atoms with van der Waals surface area (Å²) in [5.41, 5.74) is 0.212. The fourth-order valence-corrected chi connectivity index (χ4v) is 2.59. The second-order valence-electron chi connectivity index (χ2n) is 6.88. The summed E-state index contributed by atoms with van der Waals surface area (Å²) in [7, 11) is 0. The molecule has 9 heteroatoms. The monoisotopic (exact) mass is 357 g/mol. The molecule has 0 atom stereocenters. The lowest BCUT2D eigenvalue weighted by molar-refractivity contribution is -0.156. The van der Waals surface area contributed by atoms with Crippen molar-refractivity contribution in [3.8, 4) is 0 Å². The topological polar surface area (TPSA) is 107 Å². The number of hydrogen-bond donors (Lipinski definition) is 0. The number of fused-ring (bicyclic) bond motifs is 1. The molecule has 0 saturated heterocycles. The van der Waals surface area contributed by atoms with Gasteiger partial charge in [-0.3, -0.25) is 14.5 Å². The number of aromatic nitrogens is 4. The average Bonchev–Trinajstić information content (AvgIpc) is 3.08. The lowest BCUT2D eigenvalue weighted by atomic mass is 10.1. The van der Waals surface area contributed by atoms with Crippen LogP contribution in [0.3, 0.4) is 0 Å². The van der Waals surface area contributed by atoms with E-state index in [1.54, 1.807) is 45.0 Å². The van der Waals surface area contributed by atoms with Crippen LogP contribution in [0.2, 0.25) is 0 Å². The Bertz CT molecular complexity index is 833. The Morgan fingerprint density at radius 3 is 2.31 bits per heavy atom. The van der Waals surface area contributed by atoms with E-state index in [0.29, 0.717) is 17.0 Å². The second-order valence-corrected chi connectivity index (χ2v) is 6.88. The summed E-state index contributed by atoms with van der Waals surface area (Å²) in [4.78, 5) is 38.7. The van der Waals surface area contributed by atoms with E-state index in [1.807, 2.05) is 0 Å². The minimum atomic E-state index is -0.591. The fourth-order valence-electron chi connectivity index (χ4n) is 2.59. The number of esters is 1. The van der Waals surface area contributed by atoms with Crippen LogP contribution in [0.15, 0.2) is 24.3 Å². The van der Waals surface area contributed by atoms with Gasteiger partial charge < -0.3 is 4.74 Å². The Balaban J connectivity index is 1.58. The van der Waals surface area contributed by atoms with Crippen molar-refractivity contribution in [1.29, 1.82) is 0 Å². The molecule has 3 rings (SSSR count). The number of tetrazole rings is 1. The molecule has 0 unspecified atom stereocenters. The van der Waals surface area contributed by atoms with Gasteiger partial charge in [-0.05, 0) is 38.1 Å². The molecular weight excluding hydrogens is 338 g/mol. The van der Waals surface area contributed by atoms with Gasteiger partial charge in [-0.15, -0.1) is 10.2 Å². The Kier molecular flexibility index (Phi) is 4.54. The van der Waals surface area contributed by atoms with E-state index in [2.05, 4.69) is 15.4 Å². The fraction of sp³-hybridized carbons (Fsp3) is 0.412. The highest BCUT2D eigenvalue weighted by Gasteiger charge is 2.34. The lowest BCUT2D eigenvalue weighted by Gasteiger charge is -2.18. The molecule has 0 saturated carbocycles. The molecule has 0 aliphatic carbocycles. The summed E-state index contributed by atoms with van der Waals surface area (Å²) in [6.07, 6.45) is 0.250. The standard InChI is InChI=1S/C17H19N5O4/c1-17(2,3)26-14(23)10-22-19-13(18-20-22)8-9-21-15(24)11-6-4-5-7-12(11)16(21)25/h4-7H,8-10H2,1-3H3. The molecule has 0 N–H and O–H groups in total. The number of amides is 2. The first-order valence-corrected chi connectivity index (χ1v) is 8.18. The van der Waals surface area contributed by atoms with Gasteiger partial charge in [0.1, 0.15) is 5.60 Å². The van der Waals surface area contributed by atoms with Crippen LogP contribution in [-0.2, 0) is 22.5 Å². The predicted octanol–water partition coefficient (Wildman–Crippen LogP) is 0.853. The third-order valence-electron chi connectivity index (χ3n) is 3.62. The SMILES string of the molecule is CC(C)(C)OC(=O)Cn1nnc(CCN2C(=O)c3ccccc3C2=O)n1. The van der Waals surface area contributed by atoms with E-state index in [9.17, 15) is 14.4 Å². The molecule has 1 aliphatic rings. The Morgan fingerprint density at radius 1 is 1.12 bits per heavy atom. The van der Waals surface area contributed by atoms with Crippen molar-refractivity contribution >= 4 is 17.8 Å². The van der Waals surface area contributed by atoms with E-state index in [-0.39, 0.29) is 31.3 Å². The summed E-state index contributed by atoms with van der Waals surface area (Å²) < 4.78 is 5.19. The Labute approximate surface area is 149 Å². The van der Waals surface area contributed by atoms with Crippen LogP contribution in [0.25, 0.3) is 0 Å². The van der Waals surface area contributed by atoms with E-state index in [1.165, 1.54) is 4.90 Å². The van der Waals surface area contributed by atoms with Crippen molar-refractivity contribution < 1.29 is 19.1 Å². The molecule has 0 fully saturated rings. The maximum Gasteiger partial charge on any atom is 0.330 e. The van der Waals surface area contributed by atoms with E-state index in [4.69, 9.17) is 4.74 Å².